The molecule has 3 nitrogen and oxygen atoms in total. The van der Waals surface area contributed by atoms with Crippen molar-refractivity contribution in [2.24, 2.45) is 0 Å². The number of nitrogens with one attached hydrogen (secondary N) is 1. The van der Waals surface area contributed by atoms with Gasteiger partial charge in [0.15, 0.2) is 5.78 Å². The predicted octanol–water partition coefficient (Wildman–Crippen LogP) is 3.59. The quantitative estimate of drug-likeness (QED) is 0.829. The lowest BCUT2D eigenvalue weighted by molar-refractivity contribution is 0.0988. The first-order valence-corrected chi connectivity index (χ1v) is 6.48. The number of hydrogen-bond acceptors (Lipinski definition) is 3. The van der Waals surface area contributed by atoms with Gasteiger partial charge in [-0.3, -0.25) is 4.79 Å². The van der Waals surface area contributed by atoms with Crippen LogP contribution in [0.15, 0.2) is 42.6 Å². The van der Waals surface area contributed by atoms with E-state index in [1.165, 1.54) is 5.56 Å². The van der Waals surface area contributed by atoms with Crippen LogP contribution in [0.25, 0.3) is 0 Å². The van der Waals surface area contributed by atoms with E-state index in [9.17, 15) is 4.79 Å². The molecule has 0 atom stereocenters. The maximum atomic E-state index is 11.6. The molecule has 0 saturated carbocycles. The van der Waals surface area contributed by atoms with Gasteiger partial charge in [0, 0.05) is 24.7 Å². The Morgan fingerprint density at radius 2 is 2.00 bits per heavy atom. The number of carbonyl (C=O) groups is 1. The van der Waals surface area contributed by atoms with Gasteiger partial charge in [0.1, 0.15) is 5.82 Å². The van der Waals surface area contributed by atoms with Gasteiger partial charge in [-0.15, -0.1) is 0 Å². The highest BCUT2D eigenvalue weighted by Crippen LogP contribution is 2.15. The van der Waals surface area contributed by atoms with Gasteiger partial charge in [0.25, 0.3) is 0 Å². The Morgan fingerprint density at radius 1 is 1.26 bits per heavy atom. The number of benzene rings is 1. The minimum atomic E-state index is 0.130. The van der Waals surface area contributed by atoms with Crippen LogP contribution in [0, 0.1) is 6.92 Å². The number of aromatic nitrogens is 1. The van der Waals surface area contributed by atoms with Crippen molar-refractivity contribution in [1.29, 1.82) is 0 Å². The van der Waals surface area contributed by atoms with Gasteiger partial charge in [-0.1, -0.05) is 37.3 Å². The number of hydrogen-bond donors (Lipinski definition) is 1. The van der Waals surface area contributed by atoms with E-state index in [4.69, 9.17) is 0 Å². The summed E-state index contributed by atoms with van der Waals surface area (Å²) < 4.78 is 0. The molecule has 1 aromatic heterocycles. The maximum absolute atomic E-state index is 11.6. The molecule has 1 aromatic carbocycles. The Kier molecular flexibility index (Phi) is 4.29. The minimum absolute atomic E-state index is 0.130. The van der Waals surface area contributed by atoms with Gasteiger partial charge >= 0.3 is 0 Å². The Labute approximate surface area is 113 Å². The van der Waals surface area contributed by atoms with Gasteiger partial charge in [-0.25, -0.2) is 4.98 Å². The van der Waals surface area contributed by atoms with Crippen LogP contribution in [0.2, 0.25) is 0 Å². The first-order valence-electron chi connectivity index (χ1n) is 6.48. The zero-order valence-corrected chi connectivity index (χ0v) is 11.3. The fraction of sp³-hybridized carbons (Fsp3) is 0.250. The molecule has 2 rings (SSSR count). The Morgan fingerprint density at radius 3 is 2.63 bits per heavy atom. The number of nitrogens with zero attached hydrogens (tertiary/aromatic N) is 1. The SMILES string of the molecule is CCC(=O)c1cnc(NCc2ccccc2)c(C)c1. The number of aryl methyl sites for hydroxylation is 1. The zero-order valence-electron chi connectivity index (χ0n) is 11.3. The van der Waals surface area contributed by atoms with E-state index < -0.39 is 0 Å². The normalized spacial score (nSPS) is 10.2. The maximum Gasteiger partial charge on any atom is 0.164 e. The average Bonchev–Trinajstić information content (AvgIpc) is 2.46. The van der Waals surface area contributed by atoms with Crippen molar-refractivity contribution in [3.63, 3.8) is 0 Å². The summed E-state index contributed by atoms with van der Waals surface area (Å²) in [6, 6.07) is 12.1. The molecular formula is C16H18N2O. The van der Waals surface area contributed by atoms with Crippen molar-refractivity contribution in [3.05, 3.63) is 59.3 Å². The van der Waals surface area contributed by atoms with E-state index >= 15 is 0 Å². The topological polar surface area (TPSA) is 42.0 Å². The van der Waals surface area contributed by atoms with E-state index in [1.807, 2.05) is 38.1 Å². The second-order valence-electron chi connectivity index (χ2n) is 4.51. The lowest BCUT2D eigenvalue weighted by atomic mass is 10.1. The molecule has 98 valence electrons. The van der Waals surface area contributed by atoms with E-state index in [0.29, 0.717) is 12.0 Å². The summed E-state index contributed by atoms with van der Waals surface area (Å²) in [5.74, 6) is 0.960. The molecule has 0 bridgehead atoms. The summed E-state index contributed by atoms with van der Waals surface area (Å²) in [6.07, 6.45) is 2.16. The Balaban J connectivity index is 2.07. The largest absolute Gasteiger partial charge is 0.366 e. The highest BCUT2D eigenvalue weighted by molar-refractivity contribution is 5.95. The third kappa shape index (κ3) is 3.41. The van der Waals surface area contributed by atoms with Gasteiger partial charge in [0.05, 0.1) is 0 Å². The van der Waals surface area contributed by atoms with Crippen LogP contribution in [0.5, 0.6) is 0 Å². The highest BCUT2D eigenvalue weighted by Gasteiger charge is 2.06. The average molecular weight is 254 g/mol. The van der Waals surface area contributed by atoms with Crippen molar-refractivity contribution < 1.29 is 4.79 Å². The standard InChI is InChI=1S/C16H18N2O/c1-3-15(19)14-9-12(2)16(18-11-14)17-10-13-7-5-4-6-8-13/h4-9,11H,3,10H2,1-2H3,(H,17,18). The zero-order chi connectivity index (χ0) is 13.7. The third-order valence-corrected chi connectivity index (χ3v) is 3.02. The predicted molar refractivity (Wildman–Crippen MR) is 77.4 cm³/mol. The first-order chi connectivity index (χ1) is 9.20. The van der Waals surface area contributed by atoms with Gasteiger partial charge in [0.2, 0.25) is 0 Å². The molecule has 0 unspecified atom stereocenters. The second-order valence-corrected chi connectivity index (χ2v) is 4.51. The van der Waals surface area contributed by atoms with Crippen LogP contribution < -0.4 is 5.32 Å². The Bertz CT molecular complexity index is 564. The number of carbonyl (C=O) groups excluding carboxylic acids is 1. The minimum Gasteiger partial charge on any atom is -0.366 e. The van der Waals surface area contributed by atoms with Gasteiger partial charge in [-0.05, 0) is 24.1 Å². The molecule has 0 saturated heterocycles. The fourth-order valence-corrected chi connectivity index (χ4v) is 1.90. The van der Waals surface area contributed by atoms with Crippen molar-refractivity contribution in [2.75, 3.05) is 5.32 Å². The summed E-state index contributed by atoms with van der Waals surface area (Å²) >= 11 is 0. The van der Waals surface area contributed by atoms with E-state index in [1.54, 1.807) is 6.20 Å². The summed E-state index contributed by atoms with van der Waals surface area (Å²) in [4.78, 5) is 15.9. The van der Waals surface area contributed by atoms with Crippen molar-refractivity contribution in [1.82, 2.24) is 4.98 Å². The van der Waals surface area contributed by atoms with Gasteiger partial charge in [-0.2, -0.15) is 0 Å². The van der Waals surface area contributed by atoms with Crippen molar-refractivity contribution in [3.8, 4) is 0 Å². The van der Waals surface area contributed by atoms with Crippen LogP contribution in [-0.2, 0) is 6.54 Å². The molecule has 0 aliphatic rings. The molecule has 0 fully saturated rings. The fourth-order valence-electron chi connectivity index (χ4n) is 1.90. The van der Waals surface area contributed by atoms with Crippen LogP contribution in [0.4, 0.5) is 5.82 Å². The molecule has 0 amide bonds. The second kappa shape index (κ2) is 6.14. The van der Waals surface area contributed by atoms with E-state index in [-0.39, 0.29) is 5.78 Å². The molecule has 1 heterocycles. The number of rotatable bonds is 5. The molecule has 0 aliphatic heterocycles. The highest BCUT2D eigenvalue weighted by atomic mass is 16.1. The molecule has 2 aromatic rings. The molecule has 0 aliphatic carbocycles. The number of anilines is 1. The molecular weight excluding hydrogens is 236 g/mol. The molecule has 0 radical (unpaired) electrons. The monoisotopic (exact) mass is 254 g/mol. The number of pyridine rings is 1. The third-order valence-electron chi connectivity index (χ3n) is 3.02. The number of ketones is 1. The van der Waals surface area contributed by atoms with Gasteiger partial charge < -0.3 is 5.32 Å². The first kappa shape index (κ1) is 13.3. The van der Waals surface area contributed by atoms with E-state index in [2.05, 4.69) is 22.4 Å². The lowest BCUT2D eigenvalue weighted by Crippen LogP contribution is -2.05. The van der Waals surface area contributed by atoms with Crippen LogP contribution >= 0.6 is 0 Å². The van der Waals surface area contributed by atoms with Crippen LogP contribution in [0.1, 0.15) is 34.8 Å². The molecule has 0 spiro atoms. The molecule has 19 heavy (non-hydrogen) atoms. The van der Waals surface area contributed by atoms with Crippen LogP contribution in [-0.4, -0.2) is 10.8 Å². The summed E-state index contributed by atoms with van der Waals surface area (Å²) in [6.45, 7) is 4.56. The molecule has 3 heteroatoms. The smallest absolute Gasteiger partial charge is 0.164 e. The summed E-state index contributed by atoms with van der Waals surface area (Å²) in [5, 5.41) is 3.29. The Hall–Kier alpha value is -2.16. The lowest BCUT2D eigenvalue weighted by Gasteiger charge is -2.09. The van der Waals surface area contributed by atoms with Crippen molar-refractivity contribution in [2.45, 2.75) is 26.8 Å². The van der Waals surface area contributed by atoms with Crippen LogP contribution in [0.3, 0.4) is 0 Å². The summed E-state index contributed by atoms with van der Waals surface area (Å²) in [5.41, 5.74) is 2.89. The van der Waals surface area contributed by atoms with E-state index in [0.717, 1.165) is 17.9 Å². The van der Waals surface area contributed by atoms with Crippen molar-refractivity contribution >= 4 is 11.6 Å². The summed E-state index contributed by atoms with van der Waals surface area (Å²) in [7, 11) is 0. The molecule has 1 N–H and O–H groups in total. The number of Topliss-reactive ketones (excluding diaryl/α,β-unsaturated/α-hetero) is 1.